The van der Waals surface area contributed by atoms with E-state index >= 15 is 0 Å². The third kappa shape index (κ3) is 6.57. The molecule has 0 saturated carbocycles. The van der Waals surface area contributed by atoms with Crippen molar-refractivity contribution in [3.8, 4) is 0 Å². The average molecular weight is 436 g/mol. The first-order valence-corrected chi connectivity index (χ1v) is 11.1. The van der Waals surface area contributed by atoms with Crippen molar-refractivity contribution < 1.29 is 9.59 Å². The van der Waals surface area contributed by atoms with Gasteiger partial charge in [-0.3, -0.25) is 9.59 Å². The van der Waals surface area contributed by atoms with Crippen molar-refractivity contribution in [2.24, 2.45) is 4.99 Å². The van der Waals surface area contributed by atoms with E-state index < -0.39 is 0 Å². The van der Waals surface area contributed by atoms with Gasteiger partial charge in [-0.1, -0.05) is 30.3 Å². The van der Waals surface area contributed by atoms with E-state index in [1.54, 1.807) is 0 Å². The zero-order valence-electron chi connectivity index (χ0n) is 19.3. The lowest BCUT2D eigenvalue weighted by Crippen LogP contribution is -2.40. The molecule has 0 fully saturated rings. The second kappa shape index (κ2) is 10.3. The highest BCUT2D eigenvalue weighted by molar-refractivity contribution is 5.95. The lowest BCUT2D eigenvalue weighted by molar-refractivity contribution is -0.116. The fraction of sp³-hybridized carbons (Fsp3) is 0.400. The first-order chi connectivity index (χ1) is 15.2. The second-order valence-electron chi connectivity index (χ2n) is 9.02. The Hall–Kier alpha value is -3.35. The van der Waals surface area contributed by atoms with Crippen LogP contribution < -0.4 is 21.3 Å². The fourth-order valence-electron chi connectivity index (χ4n) is 3.64. The summed E-state index contributed by atoms with van der Waals surface area (Å²) in [5.41, 5.74) is 3.29. The molecule has 32 heavy (non-hydrogen) atoms. The molecule has 0 saturated heterocycles. The highest BCUT2D eigenvalue weighted by Gasteiger charge is 2.24. The Labute approximate surface area is 190 Å². The number of fused-ring (bicyclic) bond motifs is 1. The van der Waals surface area contributed by atoms with Gasteiger partial charge in [0.15, 0.2) is 5.96 Å². The lowest BCUT2D eigenvalue weighted by atomic mass is 9.90. The minimum atomic E-state index is -0.290. The number of benzene rings is 2. The molecule has 2 aromatic carbocycles. The molecule has 0 bridgehead atoms. The molecule has 1 aliphatic heterocycles. The van der Waals surface area contributed by atoms with Crippen LogP contribution in [0.25, 0.3) is 0 Å². The van der Waals surface area contributed by atoms with Crippen molar-refractivity contribution in [2.75, 3.05) is 18.4 Å². The summed E-state index contributed by atoms with van der Waals surface area (Å²) in [5, 5.41) is 12.5. The number of anilines is 1. The van der Waals surface area contributed by atoms with E-state index in [0.717, 1.165) is 23.4 Å². The summed E-state index contributed by atoms with van der Waals surface area (Å²) in [4.78, 5) is 29.2. The first kappa shape index (κ1) is 23.3. The SMILES string of the molecule is CCNC(=NCc1cccc(C(=O)NC(C)(C)C)c1)NCC1CC(=O)Nc2ccccc21. The molecule has 7 nitrogen and oxygen atoms in total. The third-order valence-electron chi connectivity index (χ3n) is 5.06. The standard InChI is InChI=1S/C25H33N5O2/c1-5-26-24(28-16-19-14-22(31)29-21-12-7-6-11-20(19)21)27-15-17-9-8-10-18(13-17)23(32)30-25(2,3)4/h6-13,19H,5,14-16H2,1-4H3,(H,29,31)(H,30,32)(H2,26,27,28). The van der Waals surface area contributed by atoms with Gasteiger partial charge >= 0.3 is 0 Å². The van der Waals surface area contributed by atoms with E-state index in [-0.39, 0.29) is 23.3 Å². The van der Waals surface area contributed by atoms with Crippen LogP contribution in [0, 0.1) is 0 Å². The van der Waals surface area contributed by atoms with E-state index in [2.05, 4.69) is 32.3 Å². The molecule has 1 atom stereocenters. The molecular weight excluding hydrogens is 402 g/mol. The molecule has 4 N–H and O–H groups in total. The van der Waals surface area contributed by atoms with Crippen molar-refractivity contribution >= 4 is 23.5 Å². The predicted molar refractivity (Wildman–Crippen MR) is 129 cm³/mol. The highest BCUT2D eigenvalue weighted by atomic mass is 16.2. The normalized spacial score (nSPS) is 16.1. The number of rotatable bonds is 6. The lowest BCUT2D eigenvalue weighted by Gasteiger charge is -2.26. The topological polar surface area (TPSA) is 94.6 Å². The Morgan fingerprint density at radius 3 is 2.66 bits per heavy atom. The first-order valence-electron chi connectivity index (χ1n) is 11.1. The van der Waals surface area contributed by atoms with E-state index in [4.69, 9.17) is 0 Å². The fourth-order valence-corrected chi connectivity index (χ4v) is 3.64. The highest BCUT2D eigenvalue weighted by Crippen LogP contribution is 2.31. The molecule has 2 amide bonds. The Kier molecular flexibility index (Phi) is 7.51. The summed E-state index contributed by atoms with van der Waals surface area (Å²) in [7, 11) is 0. The number of para-hydroxylation sites is 1. The van der Waals surface area contributed by atoms with Gasteiger partial charge in [0.1, 0.15) is 0 Å². The molecular formula is C25H33N5O2. The van der Waals surface area contributed by atoms with Crippen LogP contribution in [0.5, 0.6) is 0 Å². The molecule has 0 radical (unpaired) electrons. The van der Waals surface area contributed by atoms with Crippen LogP contribution in [0.3, 0.4) is 0 Å². The number of nitrogens with one attached hydrogen (secondary N) is 4. The number of guanidine groups is 1. The average Bonchev–Trinajstić information content (AvgIpc) is 2.74. The Morgan fingerprint density at radius 2 is 1.91 bits per heavy atom. The molecule has 1 aliphatic rings. The van der Waals surface area contributed by atoms with Crippen LogP contribution in [0.2, 0.25) is 0 Å². The summed E-state index contributed by atoms with van der Waals surface area (Å²) in [6.07, 6.45) is 0.439. The maximum absolute atomic E-state index is 12.5. The van der Waals surface area contributed by atoms with Gasteiger partial charge in [-0.15, -0.1) is 0 Å². The Balaban J connectivity index is 1.67. The summed E-state index contributed by atoms with van der Waals surface area (Å²) in [6, 6.07) is 15.4. The van der Waals surface area contributed by atoms with Crippen LogP contribution in [0.15, 0.2) is 53.5 Å². The number of aliphatic imine (C=N–C) groups is 1. The number of nitrogens with zero attached hydrogens (tertiary/aromatic N) is 1. The zero-order valence-corrected chi connectivity index (χ0v) is 19.3. The van der Waals surface area contributed by atoms with Crippen molar-refractivity contribution in [3.05, 3.63) is 65.2 Å². The second-order valence-corrected chi connectivity index (χ2v) is 9.02. The van der Waals surface area contributed by atoms with Crippen LogP contribution in [0.1, 0.15) is 61.5 Å². The monoisotopic (exact) mass is 435 g/mol. The van der Waals surface area contributed by atoms with Crippen LogP contribution in [0.4, 0.5) is 5.69 Å². The van der Waals surface area contributed by atoms with Crippen LogP contribution in [-0.4, -0.2) is 36.4 Å². The van der Waals surface area contributed by atoms with E-state index in [1.165, 1.54) is 0 Å². The molecule has 170 valence electrons. The van der Waals surface area contributed by atoms with E-state index in [9.17, 15) is 9.59 Å². The summed E-state index contributed by atoms with van der Waals surface area (Å²) >= 11 is 0. The number of carbonyl (C=O) groups is 2. The van der Waals surface area contributed by atoms with Crippen molar-refractivity contribution in [1.29, 1.82) is 0 Å². The van der Waals surface area contributed by atoms with E-state index in [0.29, 0.717) is 31.0 Å². The molecule has 0 aliphatic carbocycles. The van der Waals surface area contributed by atoms with Gasteiger partial charge < -0.3 is 21.3 Å². The molecule has 1 heterocycles. The molecule has 0 spiro atoms. The zero-order chi connectivity index (χ0) is 23.1. The smallest absolute Gasteiger partial charge is 0.251 e. The number of hydrogen-bond donors (Lipinski definition) is 4. The largest absolute Gasteiger partial charge is 0.357 e. The Bertz CT molecular complexity index is 994. The third-order valence-corrected chi connectivity index (χ3v) is 5.06. The predicted octanol–water partition coefficient (Wildman–Crippen LogP) is 3.40. The summed E-state index contributed by atoms with van der Waals surface area (Å²) in [6.45, 7) is 9.66. The molecule has 1 unspecified atom stereocenters. The van der Waals surface area contributed by atoms with Gasteiger partial charge in [-0.25, -0.2) is 4.99 Å². The quantitative estimate of drug-likeness (QED) is 0.413. The van der Waals surface area contributed by atoms with E-state index in [1.807, 2.05) is 70.2 Å². The molecule has 7 heteroatoms. The van der Waals surface area contributed by atoms with Crippen molar-refractivity contribution in [3.63, 3.8) is 0 Å². The number of hydrogen-bond acceptors (Lipinski definition) is 3. The number of carbonyl (C=O) groups excluding carboxylic acids is 2. The van der Waals surface area contributed by atoms with Crippen molar-refractivity contribution in [1.82, 2.24) is 16.0 Å². The van der Waals surface area contributed by atoms with Gasteiger partial charge in [-0.2, -0.15) is 0 Å². The number of amides is 2. The van der Waals surface area contributed by atoms with Gasteiger partial charge in [0.05, 0.1) is 6.54 Å². The Morgan fingerprint density at radius 1 is 1.12 bits per heavy atom. The van der Waals surface area contributed by atoms with Gasteiger partial charge in [0.25, 0.3) is 5.91 Å². The molecule has 3 rings (SSSR count). The maximum atomic E-state index is 12.5. The van der Waals surface area contributed by atoms with Crippen LogP contribution in [-0.2, 0) is 11.3 Å². The van der Waals surface area contributed by atoms with Crippen molar-refractivity contribution in [2.45, 2.75) is 52.1 Å². The summed E-state index contributed by atoms with van der Waals surface area (Å²) in [5.74, 6) is 0.694. The van der Waals surface area contributed by atoms with Gasteiger partial charge in [0.2, 0.25) is 5.91 Å². The van der Waals surface area contributed by atoms with Crippen LogP contribution >= 0.6 is 0 Å². The molecule has 2 aromatic rings. The minimum Gasteiger partial charge on any atom is -0.357 e. The van der Waals surface area contributed by atoms with Gasteiger partial charge in [0, 0.05) is 42.2 Å². The van der Waals surface area contributed by atoms with Gasteiger partial charge in [-0.05, 0) is 57.0 Å². The molecule has 0 aromatic heterocycles. The minimum absolute atomic E-state index is 0.0304. The maximum Gasteiger partial charge on any atom is 0.251 e. The summed E-state index contributed by atoms with van der Waals surface area (Å²) < 4.78 is 0.